The minimum absolute atomic E-state index is 0.327. The van der Waals surface area contributed by atoms with Crippen LogP contribution < -0.4 is 16.4 Å². The van der Waals surface area contributed by atoms with E-state index in [1.807, 2.05) is 42.3 Å². The SMILES string of the molecule is CN(Cc1cccc(N)c1)c1ccc(C(N)=O)c(Cl)c1. The van der Waals surface area contributed by atoms with Gasteiger partial charge < -0.3 is 16.4 Å². The van der Waals surface area contributed by atoms with Crippen molar-refractivity contribution >= 4 is 28.9 Å². The summed E-state index contributed by atoms with van der Waals surface area (Å²) in [6, 6.07) is 12.9. The Bertz CT molecular complexity index is 643. The van der Waals surface area contributed by atoms with Crippen molar-refractivity contribution in [2.45, 2.75) is 6.54 Å². The molecule has 2 aromatic rings. The molecular formula is C15H16ClN3O. The number of nitrogens with two attached hydrogens (primary N) is 2. The molecule has 0 saturated heterocycles. The van der Waals surface area contributed by atoms with E-state index in [-0.39, 0.29) is 0 Å². The minimum Gasteiger partial charge on any atom is -0.399 e. The standard InChI is InChI=1S/C15H16ClN3O/c1-19(9-10-3-2-4-11(17)7-10)12-5-6-13(15(18)20)14(16)8-12/h2-8H,9,17H2,1H3,(H2,18,20). The summed E-state index contributed by atoms with van der Waals surface area (Å²) in [5.41, 5.74) is 14.1. The van der Waals surface area contributed by atoms with Crippen molar-refractivity contribution in [3.05, 3.63) is 58.6 Å². The topological polar surface area (TPSA) is 72.3 Å². The Hall–Kier alpha value is -2.20. The molecule has 4 nitrogen and oxygen atoms in total. The van der Waals surface area contributed by atoms with Gasteiger partial charge >= 0.3 is 0 Å². The number of rotatable bonds is 4. The van der Waals surface area contributed by atoms with Gasteiger partial charge in [0.1, 0.15) is 0 Å². The third kappa shape index (κ3) is 3.22. The number of carbonyl (C=O) groups excluding carboxylic acids is 1. The van der Waals surface area contributed by atoms with Gasteiger partial charge in [-0.15, -0.1) is 0 Å². The van der Waals surface area contributed by atoms with Gasteiger partial charge in [-0.25, -0.2) is 0 Å². The van der Waals surface area contributed by atoms with Crippen molar-refractivity contribution in [1.82, 2.24) is 0 Å². The van der Waals surface area contributed by atoms with E-state index in [2.05, 4.69) is 0 Å². The van der Waals surface area contributed by atoms with Crippen LogP contribution in [0.1, 0.15) is 15.9 Å². The van der Waals surface area contributed by atoms with Crippen molar-refractivity contribution in [3.63, 3.8) is 0 Å². The molecule has 0 spiro atoms. The molecule has 0 aliphatic heterocycles. The van der Waals surface area contributed by atoms with Gasteiger partial charge in [0.05, 0.1) is 10.6 Å². The predicted molar refractivity (Wildman–Crippen MR) is 82.9 cm³/mol. The number of anilines is 2. The van der Waals surface area contributed by atoms with E-state index in [9.17, 15) is 4.79 Å². The van der Waals surface area contributed by atoms with Gasteiger partial charge in [-0.3, -0.25) is 4.79 Å². The van der Waals surface area contributed by atoms with Crippen molar-refractivity contribution in [3.8, 4) is 0 Å². The van der Waals surface area contributed by atoms with Gasteiger partial charge in [-0.2, -0.15) is 0 Å². The summed E-state index contributed by atoms with van der Waals surface area (Å²) in [6.07, 6.45) is 0. The molecule has 20 heavy (non-hydrogen) atoms. The predicted octanol–water partition coefficient (Wildman–Crippen LogP) is 2.66. The summed E-state index contributed by atoms with van der Waals surface area (Å²) < 4.78 is 0. The maximum atomic E-state index is 11.1. The van der Waals surface area contributed by atoms with E-state index >= 15 is 0 Å². The van der Waals surface area contributed by atoms with E-state index in [0.29, 0.717) is 17.1 Å². The van der Waals surface area contributed by atoms with Crippen LogP contribution in [0.15, 0.2) is 42.5 Å². The Morgan fingerprint density at radius 1 is 1.25 bits per heavy atom. The van der Waals surface area contributed by atoms with Crippen LogP contribution in [0.3, 0.4) is 0 Å². The molecule has 0 saturated carbocycles. The zero-order valence-corrected chi connectivity index (χ0v) is 11.9. The first-order chi connectivity index (χ1) is 9.47. The average Bonchev–Trinajstić information content (AvgIpc) is 2.38. The molecule has 1 amide bonds. The van der Waals surface area contributed by atoms with Crippen LogP contribution in [0.5, 0.6) is 0 Å². The average molecular weight is 290 g/mol. The van der Waals surface area contributed by atoms with Crippen LogP contribution in [-0.2, 0) is 6.54 Å². The highest BCUT2D eigenvalue weighted by Gasteiger charge is 2.09. The Morgan fingerprint density at radius 2 is 2.00 bits per heavy atom. The number of benzene rings is 2. The summed E-state index contributed by atoms with van der Waals surface area (Å²) in [6.45, 7) is 0.692. The molecule has 104 valence electrons. The molecule has 2 rings (SSSR count). The zero-order chi connectivity index (χ0) is 14.7. The molecule has 0 heterocycles. The van der Waals surface area contributed by atoms with E-state index in [4.69, 9.17) is 23.1 Å². The number of hydrogen-bond acceptors (Lipinski definition) is 3. The molecule has 0 radical (unpaired) electrons. The number of amides is 1. The highest BCUT2D eigenvalue weighted by molar-refractivity contribution is 6.34. The molecular weight excluding hydrogens is 274 g/mol. The summed E-state index contributed by atoms with van der Waals surface area (Å²) in [7, 11) is 1.94. The van der Waals surface area contributed by atoms with Gasteiger partial charge in [-0.05, 0) is 35.9 Å². The summed E-state index contributed by atoms with van der Waals surface area (Å²) in [5, 5.41) is 0.356. The monoisotopic (exact) mass is 289 g/mol. The largest absolute Gasteiger partial charge is 0.399 e. The summed E-state index contributed by atoms with van der Waals surface area (Å²) >= 11 is 6.05. The first-order valence-corrected chi connectivity index (χ1v) is 6.50. The molecule has 0 atom stereocenters. The van der Waals surface area contributed by atoms with Crippen LogP contribution in [-0.4, -0.2) is 13.0 Å². The maximum Gasteiger partial charge on any atom is 0.250 e. The second-order valence-corrected chi connectivity index (χ2v) is 5.04. The number of halogens is 1. The van der Waals surface area contributed by atoms with Crippen LogP contribution >= 0.6 is 11.6 Å². The summed E-state index contributed by atoms with van der Waals surface area (Å²) in [4.78, 5) is 13.2. The quantitative estimate of drug-likeness (QED) is 0.850. The number of nitrogen functional groups attached to an aromatic ring is 1. The van der Waals surface area contributed by atoms with Crippen LogP contribution in [0.2, 0.25) is 5.02 Å². The lowest BCUT2D eigenvalue weighted by Crippen LogP contribution is -2.17. The summed E-state index contributed by atoms with van der Waals surface area (Å²) in [5.74, 6) is -0.528. The third-order valence-electron chi connectivity index (χ3n) is 3.03. The Morgan fingerprint density at radius 3 is 2.60 bits per heavy atom. The minimum atomic E-state index is -0.528. The molecule has 0 aliphatic rings. The van der Waals surface area contributed by atoms with Crippen LogP contribution in [0, 0.1) is 0 Å². The van der Waals surface area contributed by atoms with Gasteiger partial charge in [0.15, 0.2) is 0 Å². The molecule has 2 aromatic carbocycles. The second kappa shape index (κ2) is 5.84. The van der Waals surface area contributed by atoms with E-state index < -0.39 is 5.91 Å². The molecule has 0 aliphatic carbocycles. The van der Waals surface area contributed by atoms with Gasteiger partial charge in [0, 0.05) is 25.0 Å². The van der Waals surface area contributed by atoms with E-state index in [0.717, 1.165) is 16.9 Å². The van der Waals surface area contributed by atoms with Crippen molar-refractivity contribution < 1.29 is 4.79 Å². The third-order valence-corrected chi connectivity index (χ3v) is 3.34. The highest BCUT2D eigenvalue weighted by Crippen LogP contribution is 2.24. The zero-order valence-electron chi connectivity index (χ0n) is 11.1. The Balaban J connectivity index is 2.19. The van der Waals surface area contributed by atoms with E-state index in [1.54, 1.807) is 12.1 Å². The fraction of sp³-hybridized carbons (Fsp3) is 0.133. The number of hydrogen-bond donors (Lipinski definition) is 2. The molecule has 5 heteroatoms. The highest BCUT2D eigenvalue weighted by atomic mass is 35.5. The normalized spacial score (nSPS) is 10.3. The lowest BCUT2D eigenvalue weighted by Gasteiger charge is -2.20. The smallest absolute Gasteiger partial charge is 0.250 e. The molecule has 0 fully saturated rings. The molecule has 0 unspecified atom stereocenters. The Kier molecular flexibility index (Phi) is 4.15. The molecule has 0 aromatic heterocycles. The van der Waals surface area contributed by atoms with Crippen molar-refractivity contribution in [1.29, 1.82) is 0 Å². The molecule has 0 bridgehead atoms. The first-order valence-electron chi connectivity index (χ1n) is 6.12. The molecule has 4 N–H and O–H groups in total. The number of carbonyl (C=O) groups is 1. The van der Waals surface area contributed by atoms with Crippen molar-refractivity contribution in [2.75, 3.05) is 17.7 Å². The lowest BCUT2D eigenvalue weighted by atomic mass is 10.1. The fourth-order valence-electron chi connectivity index (χ4n) is 2.00. The maximum absolute atomic E-state index is 11.1. The van der Waals surface area contributed by atoms with Gasteiger partial charge in [0.25, 0.3) is 0 Å². The second-order valence-electron chi connectivity index (χ2n) is 4.63. The lowest BCUT2D eigenvalue weighted by molar-refractivity contribution is 0.100. The first kappa shape index (κ1) is 14.2. The van der Waals surface area contributed by atoms with Crippen LogP contribution in [0.4, 0.5) is 11.4 Å². The Labute approximate surface area is 122 Å². The van der Waals surface area contributed by atoms with Crippen molar-refractivity contribution in [2.24, 2.45) is 5.73 Å². The van der Waals surface area contributed by atoms with Gasteiger partial charge in [0.2, 0.25) is 5.91 Å². The van der Waals surface area contributed by atoms with E-state index in [1.165, 1.54) is 0 Å². The fourth-order valence-corrected chi connectivity index (χ4v) is 2.27. The van der Waals surface area contributed by atoms with Crippen LogP contribution in [0.25, 0.3) is 0 Å². The number of primary amides is 1. The van der Waals surface area contributed by atoms with Gasteiger partial charge in [-0.1, -0.05) is 23.7 Å². The number of nitrogens with zero attached hydrogens (tertiary/aromatic N) is 1.